The lowest BCUT2D eigenvalue weighted by Gasteiger charge is -2.20. The van der Waals surface area contributed by atoms with Crippen LogP contribution in [-0.2, 0) is 16.6 Å². The normalized spacial score (nSPS) is 16.0. The predicted molar refractivity (Wildman–Crippen MR) is 88.1 cm³/mol. The first-order valence-corrected chi connectivity index (χ1v) is 10.1. The molecule has 0 aromatic carbocycles. The summed E-state index contributed by atoms with van der Waals surface area (Å²) in [6, 6.07) is 2.47. The Hall–Kier alpha value is -0.430. The monoisotopic (exact) mass is 330 g/mol. The van der Waals surface area contributed by atoms with Crippen LogP contribution in [0.5, 0.6) is 0 Å². The summed E-state index contributed by atoms with van der Waals surface area (Å²) < 4.78 is 27.3. The van der Waals surface area contributed by atoms with Crippen molar-refractivity contribution in [2.24, 2.45) is 0 Å². The fraction of sp³-hybridized carbons (Fsp3) is 0.733. The van der Waals surface area contributed by atoms with E-state index in [1.807, 2.05) is 6.07 Å². The fourth-order valence-corrected chi connectivity index (χ4v) is 5.14. The van der Waals surface area contributed by atoms with Gasteiger partial charge in [-0.3, -0.25) is 0 Å². The average Bonchev–Trinajstić information content (AvgIpc) is 3.13. The summed E-state index contributed by atoms with van der Waals surface area (Å²) in [7, 11) is -3.31. The fourth-order valence-electron chi connectivity index (χ4n) is 2.20. The van der Waals surface area contributed by atoms with Crippen LogP contribution in [0.4, 0.5) is 0 Å². The predicted octanol–water partition coefficient (Wildman–Crippen LogP) is 3.20. The van der Waals surface area contributed by atoms with Crippen LogP contribution in [0, 0.1) is 0 Å². The van der Waals surface area contributed by atoms with E-state index < -0.39 is 10.0 Å². The van der Waals surface area contributed by atoms with Crippen molar-refractivity contribution in [1.29, 1.82) is 0 Å². The van der Waals surface area contributed by atoms with E-state index in [0.717, 1.165) is 37.1 Å². The summed E-state index contributed by atoms with van der Waals surface area (Å²) in [6.07, 6.45) is 3.97. The van der Waals surface area contributed by atoms with Crippen LogP contribution in [0.3, 0.4) is 0 Å². The third kappa shape index (κ3) is 4.52. The molecule has 1 aromatic rings. The molecule has 0 atom stereocenters. The second kappa shape index (κ2) is 7.22. The summed E-state index contributed by atoms with van der Waals surface area (Å²) in [5.74, 6) is 0. The van der Waals surface area contributed by atoms with Crippen molar-refractivity contribution < 1.29 is 8.42 Å². The number of rotatable bonds is 9. The maximum absolute atomic E-state index is 12.8. The second-order valence-electron chi connectivity index (χ2n) is 5.98. The highest BCUT2D eigenvalue weighted by Crippen LogP contribution is 2.33. The molecule has 1 aliphatic rings. The van der Waals surface area contributed by atoms with Gasteiger partial charge in [0.1, 0.15) is 0 Å². The Morgan fingerprint density at radius 2 is 2.14 bits per heavy atom. The van der Waals surface area contributed by atoms with Crippen LogP contribution in [0.25, 0.3) is 0 Å². The first-order valence-electron chi connectivity index (χ1n) is 7.77. The highest BCUT2D eigenvalue weighted by atomic mass is 32.2. The van der Waals surface area contributed by atoms with E-state index in [0.29, 0.717) is 17.5 Å². The summed E-state index contributed by atoms with van der Waals surface area (Å²) in [5.41, 5.74) is 0. The van der Waals surface area contributed by atoms with Crippen molar-refractivity contribution in [1.82, 2.24) is 9.62 Å². The van der Waals surface area contributed by atoms with Crippen molar-refractivity contribution >= 4 is 21.4 Å². The van der Waals surface area contributed by atoms with E-state index in [9.17, 15) is 8.42 Å². The number of nitrogens with zero attached hydrogens (tertiary/aromatic N) is 1. The molecule has 120 valence electrons. The first-order chi connectivity index (χ1) is 9.95. The Morgan fingerprint density at radius 1 is 1.43 bits per heavy atom. The molecule has 1 fully saturated rings. The number of hydrogen-bond acceptors (Lipinski definition) is 4. The number of nitrogens with one attached hydrogen (secondary N) is 1. The highest BCUT2D eigenvalue weighted by molar-refractivity contribution is 7.89. The Kier molecular flexibility index (Phi) is 5.82. The molecule has 1 aliphatic carbocycles. The molecule has 1 N–H and O–H groups in total. The minimum atomic E-state index is -3.31. The molecule has 1 saturated carbocycles. The molecular weight excluding hydrogens is 304 g/mol. The van der Waals surface area contributed by atoms with Gasteiger partial charge in [0, 0.05) is 35.4 Å². The molecule has 21 heavy (non-hydrogen) atoms. The van der Waals surface area contributed by atoms with Gasteiger partial charge in [0.2, 0.25) is 10.0 Å². The van der Waals surface area contributed by atoms with Crippen molar-refractivity contribution in [3.8, 4) is 0 Å². The molecule has 0 saturated heterocycles. The van der Waals surface area contributed by atoms with Gasteiger partial charge < -0.3 is 5.32 Å². The van der Waals surface area contributed by atoms with Crippen LogP contribution in [0.15, 0.2) is 16.3 Å². The SMILES string of the molecule is CCCCN(C1CC1)S(=O)(=O)c1csc(CNC(C)C)c1. The third-order valence-corrected chi connectivity index (χ3v) is 6.62. The van der Waals surface area contributed by atoms with E-state index in [1.54, 1.807) is 9.69 Å². The van der Waals surface area contributed by atoms with E-state index >= 15 is 0 Å². The lowest BCUT2D eigenvalue weighted by molar-refractivity contribution is 0.396. The van der Waals surface area contributed by atoms with Gasteiger partial charge in [-0.2, -0.15) is 4.31 Å². The van der Waals surface area contributed by atoms with Crippen LogP contribution in [-0.4, -0.2) is 31.4 Å². The Balaban J connectivity index is 2.10. The number of sulfonamides is 1. The third-order valence-electron chi connectivity index (χ3n) is 3.61. The zero-order chi connectivity index (χ0) is 15.5. The van der Waals surface area contributed by atoms with Gasteiger partial charge in [0.25, 0.3) is 0 Å². The van der Waals surface area contributed by atoms with Crippen molar-refractivity contribution in [3.63, 3.8) is 0 Å². The molecule has 0 spiro atoms. The van der Waals surface area contributed by atoms with Crippen LogP contribution >= 0.6 is 11.3 Å². The summed E-state index contributed by atoms with van der Waals surface area (Å²) in [5, 5.41) is 5.11. The van der Waals surface area contributed by atoms with Crippen molar-refractivity contribution in [2.75, 3.05) is 6.54 Å². The molecule has 6 heteroatoms. The quantitative estimate of drug-likeness (QED) is 0.756. The molecule has 0 amide bonds. The topological polar surface area (TPSA) is 49.4 Å². The van der Waals surface area contributed by atoms with Gasteiger partial charge in [0.05, 0.1) is 4.90 Å². The molecule has 0 radical (unpaired) electrons. The van der Waals surface area contributed by atoms with Crippen molar-refractivity contribution in [2.45, 2.75) is 70.0 Å². The van der Waals surface area contributed by atoms with Gasteiger partial charge in [-0.15, -0.1) is 11.3 Å². The molecule has 0 aliphatic heterocycles. The largest absolute Gasteiger partial charge is 0.310 e. The van der Waals surface area contributed by atoms with E-state index in [-0.39, 0.29) is 6.04 Å². The molecule has 0 unspecified atom stereocenters. The summed E-state index contributed by atoms with van der Waals surface area (Å²) in [4.78, 5) is 1.55. The van der Waals surface area contributed by atoms with E-state index in [1.165, 1.54) is 11.3 Å². The van der Waals surface area contributed by atoms with Crippen molar-refractivity contribution in [3.05, 3.63) is 16.3 Å². The highest BCUT2D eigenvalue weighted by Gasteiger charge is 2.37. The number of unbranched alkanes of at least 4 members (excludes halogenated alkanes) is 1. The second-order valence-corrected chi connectivity index (χ2v) is 8.87. The van der Waals surface area contributed by atoms with Gasteiger partial charge in [-0.1, -0.05) is 27.2 Å². The van der Waals surface area contributed by atoms with Gasteiger partial charge in [-0.05, 0) is 25.3 Å². The molecule has 1 aromatic heterocycles. The molecular formula is C15H26N2O2S2. The zero-order valence-corrected chi connectivity index (χ0v) is 14.8. The standard InChI is InChI=1S/C15H26N2O2S2/c1-4-5-8-17(13-6-7-13)21(18,19)15-9-14(20-11-15)10-16-12(2)3/h9,11-13,16H,4-8,10H2,1-3H3. The molecule has 0 bridgehead atoms. The number of thiophene rings is 1. The number of hydrogen-bond donors (Lipinski definition) is 1. The Labute approximate surface area is 132 Å². The minimum Gasteiger partial charge on any atom is -0.310 e. The molecule has 2 rings (SSSR count). The maximum atomic E-state index is 12.8. The first kappa shape index (κ1) is 16.9. The van der Waals surface area contributed by atoms with Gasteiger partial charge in [0.15, 0.2) is 0 Å². The minimum absolute atomic E-state index is 0.235. The maximum Gasteiger partial charge on any atom is 0.244 e. The van der Waals surface area contributed by atoms with Crippen LogP contribution in [0.2, 0.25) is 0 Å². The van der Waals surface area contributed by atoms with E-state index in [2.05, 4.69) is 26.1 Å². The van der Waals surface area contributed by atoms with Gasteiger partial charge >= 0.3 is 0 Å². The Bertz CT molecular complexity index is 548. The summed E-state index contributed by atoms with van der Waals surface area (Å²) >= 11 is 1.52. The lowest BCUT2D eigenvalue weighted by atomic mass is 10.3. The molecule has 1 heterocycles. The zero-order valence-electron chi connectivity index (χ0n) is 13.1. The summed E-state index contributed by atoms with van der Waals surface area (Å²) in [6.45, 7) is 7.66. The van der Waals surface area contributed by atoms with Crippen LogP contribution in [0.1, 0.15) is 51.3 Å². The molecule has 4 nitrogen and oxygen atoms in total. The smallest absolute Gasteiger partial charge is 0.244 e. The van der Waals surface area contributed by atoms with Gasteiger partial charge in [-0.25, -0.2) is 8.42 Å². The van der Waals surface area contributed by atoms with E-state index in [4.69, 9.17) is 0 Å². The average molecular weight is 331 g/mol. The lowest BCUT2D eigenvalue weighted by Crippen LogP contribution is -2.33. The van der Waals surface area contributed by atoms with Crippen LogP contribution < -0.4 is 5.32 Å². The Morgan fingerprint density at radius 3 is 2.71 bits per heavy atom.